The lowest BCUT2D eigenvalue weighted by atomic mass is 9.89. The first-order valence-electron chi connectivity index (χ1n) is 25.2. The Hall–Kier alpha value is -5.94. The first kappa shape index (κ1) is 51.4. The topological polar surface area (TPSA) is 147 Å². The number of hydrogen-bond donors (Lipinski definition) is 1. The largest absolute Gasteiger partial charge is 0.490 e. The molecule has 0 radical (unpaired) electrons. The molecule has 4 aliphatic rings. The van der Waals surface area contributed by atoms with Gasteiger partial charge >= 0.3 is 0 Å². The van der Waals surface area contributed by atoms with E-state index in [1.165, 1.54) is 4.90 Å². The molecule has 1 fully saturated rings. The predicted octanol–water partition coefficient (Wildman–Crippen LogP) is 6.88. The summed E-state index contributed by atoms with van der Waals surface area (Å²) < 4.78 is 50.0. The number of carbonyl (C=O) groups excluding carboxylic acids is 2. The minimum absolute atomic E-state index is 0.185. The summed E-state index contributed by atoms with van der Waals surface area (Å²) in [6.07, 6.45) is 2.38. The second-order valence-corrected chi connectivity index (χ2v) is 18.1. The van der Waals surface area contributed by atoms with Gasteiger partial charge in [0.15, 0.2) is 0 Å². The van der Waals surface area contributed by atoms with Crippen molar-refractivity contribution in [3.05, 3.63) is 118 Å². The van der Waals surface area contributed by atoms with Gasteiger partial charge in [-0.05, 0) is 109 Å². The highest BCUT2D eigenvalue weighted by molar-refractivity contribution is 6.25. The summed E-state index contributed by atoms with van der Waals surface area (Å²) in [6.45, 7) is 13.9. The number of nitrogens with two attached hydrogens (primary N) is 1. The smallest absolute Gasteiger partial charge is 0.261 e. The van der Waals surface area contributed by atoms with Crippen LogP contribution in [0.2, 0.25) is 0 Å². The molecule has 9 rings (SSSR count). The Morgan fingerprint density at radius 3 is 1.66 bits per heavy atom. The Morgan fingerprint density at radius 2 is 1.10 bits per heavy atom. The third kappa shape index (κ3) is 13.3. The van der Waals surface area contributed by atoms with Crippen molar-refractivity contribution in [1.82, 2.24) is 4.90 Å². The Labute approximate surface area is 418 Å². The highest BCUT2D eigenvalue weighted by atomic mass is 16.5. The Morgan fingerprint density at radius 1 is 0.563 bits per heavy atom. The maximum atomic E-state index is 13.4. The van der Waals surface area contributed by atoms with Gasteiger partial charge in [0.05, 0.1) is 89.6 Å². The molecule has 380 valence electrons. The molecule has 5 aromatic rings. The lowest BCUT2D eigenvalue weighted by Gasteiger charge is -2.30. The summed E-state index contributed by atoms with van der Waals surface area (Å²) in [5.74, 6) is 1.75. The molecule has 5 aromatic carbocycles. The molecular weight excluding hydrogens is 903 g/mol. The second-order valence-electron chi connectivity index (χ2n) is 18.1. The highest BCUT2D eigenvalue weighted by Gasteiger charge is 2.33. The number of fused-ring (bicyclic) bond motifs is 20. The van der Waals surface area contributed by atoms with E-state index >= 15 is 0 Å². The first-order chi connectivity index (χ1) is 34.8. The molecule has 71 heavy (non-hydrogen) atoms. The molecule has 1 saturated heterocycles. The van der Waals surface area contributed by atoms with Crippen LogP contribution in [0.3, 0.4) is 0 Å². The van der Waals surface area contributed by atoms with E-state index in [2.05, 4.69) is 83.1 Å². The number of nitrogens with zero attached hydrogens (tertiary/aromatic N) is 4. The predicted molar refractivity (Wildman–Crippen MR) is 277 cm³/mol. The molecule has 0 atom stereocenters. The second kappa shape index (κ2) is 26.0. The molecule has 0 spiro atoms. The Kier molecular flexibility index (Phi) is 18.8. The van der Waals surface area contributed by atoms with Gasteiger partial charge in [-0.1, -0.05) is 36.4 Å². The molecular formula is C56H71N5O10. The summed E-state index contributed by atoms with van der Waals surface area (Å²) >= 11 is 0. The molecule has 15 heteroatoms. The average Bonchev–Trinajstić information content (AvgIpc) is 3.37. The van der Waals surface area contributed by atoms with Gasteiger partial charge in [0.2, 0.25) is 0 Å². The molecule has 0 saturated carbocycles. The zero-order valence-electron chi connectivity index (χ0n) is 41.8. The van der Waals surface area contributed by atoms with Crippen LogP contribution in [0.5, 0.6) is 17.2 Å². The summed E-state index contributed by atoms with van der Waals surface area (Å²) in [6, 6.07) is 28.7. The van der Waals surface area contributed by atoms with Crippen LogP contribution in [-0.4, -0.2) is 155 Å². The molecule has 4 heterocycles. The molecule has 2 N–H and O–H groups in total. The van der Waals surface area contributed by atoms with Crippen molar-refractivity contribution in [3.8, 4) is 17.2 Å². The molecule has 0 aromatic heterocycles. The van der Waals surface area contributed by atoms with E-state index in [1.54, 1.807) is 13.2 Å². The van der Waals surface area contributed by atoms with Gasteiger partial charge in [0.25, 0.3) is 11.8 Å². The maximum absolute atomic E-state index is 13.4. The van der Waals surface area contributed by atoms with Crippen LogP contribution in [0, 0.1) is 13.8 Å². The van der Waals surface area contributed by atoms with Crippen LogP contribution in [0.1, 0.15) is 49.4 Å². The summed E-state index contributed by atoms with van der Waals surface area (Å²) in [4.78, 5) is 34.9. The van der Waals surface area contributed by atoms with E-state index in [9.17, 15) is 9.59 Å². The quantitative estimate of drug-likeness (QED) is 0.0834. The van der Waals surface area contributed by atoms with E-state index in [0.717, 1.165) is 86.6 Å². The molecule has 4 aliphatic heterocycles. The van der Waals surface area contributed by atoms with Crippen molar-refractivity contribution >= 4 is 39.6 Å². The lowest BCUT2D eigenvalue weighted by Crippen LogP contribution is -2.43. The number of aryl methyl sites for hydroxylation is 4. The van der Waals surface area contributed by atoms with E-state index in [1.807, 2.05) is 24.3 Å². The van der Waals surface area contributed by atoms with Gasteiger partial charge in [-0.25, -0.2) is 0 Å². The number of methoxy groups -OCH3 is 1. The number of anilines is 3. The molecule has 0 unspecified atom stereocenters. The van der Waals surface area contributed by atoms with Crippen molar-refractivity contribution in [2.24, 2.45) is 5.73 Å². The fraction of sp³-hybridized carbons (Fsp3) is 0.464. The van der Waals surface area contributed by atoms with Crippen LogP contribution in [0.25, 0.3) is 10.8 Å². The summed E-state index contributed by atoms with van der Waals surface area (Å²) in [7, 11) is 1.67. The maximum Gasteiger partial charge on any atom is 0.261 e. The number of ether oxygens (including phenoxy) is 8. The fourth-order valence-electron chi connectivity index (χ4n) is 9.49. The molecule has 2 bridgehead atoms. The Balaban J connectivity index is 1.08. The number of rotatable bonds is 11. The molecule has 0 aliphatic carbocycles. The minimum atomic E-state index is -0.294. The molecule has 15 nitrogen and oxygen atoms in total. The van der Waals surface area contributed by atoms with Crippen molar-refractivity contribution < 1.29 is 47.5 Å². The number of hydrogen-bond acceptors (Lipinski definition) is 14. The van der Waals surface area contributed by atoms with Crippen molar-refractivity contribution in [1.29, 1.82) is 0 Å². The highest BCUT2D eigenvalue weighted by Crippen LogP contribution is 2.36. The number of carbonyl (C=O) groups is 2. The first-order valence-corrected chi connectivity index (χ1v) is 25.2. The van der Waals surface area contributed by atoms with E-state index < -0.39 is 0 Å². The van der Waals surface area contributed by atoms with Gasteiger partial charge in [0, 0.05) is 62.9 Å². The Bertz CT molecular complexity index is 2430. The lowest BCUT2D eigenvalue weighted by molar-refractivity contribution is 0.0435. The third-order valence-corrected chi connectivity index (χ3v) is 13.2. The summed E-state index contributed by atoms with van der Waals surface area (Å²) in [5.41, 5.74) is 14.2. The van der Waals surface area contributed by atoms with Crippen molar-refractivity contribution in [2.45, 2.75) is 33.1 Å². The number of benzene rings is 5. The van der Waals surface area contributed by atoms with Crippen molar-refractivity contribution in [3.63, 3.8) is 0 Å². The van der Waals surface area contributed by atoms with E-state index in [-0.39, 0.29) is 24.9 Å². The zero-order valence-corrected chi connectivity index (χ0v) is 41.8. The fourth-order valence-corrected chi connectivity index (χ4v) is 9.49. The molecule has 2 amide bonds. The van der Waals surface area contributed by atoms with Crippen LogP contribution in [0.4, 0.5) is 17.1 Å². The third-order valence-electron chi connectivity index (χ3n) is 13.2. The van der Waals surface area contributed by atoms with E-state index in [0.29, 0.717) is 130 Å². The van der Waals surface area contributed by atoms with Crippen molar-refractivity contribution in [2.75, 3.05) is 153 Å². The average molecular weight is 974 g/mol. The standard InChI is InChI=1S/C56H71N5O10/c1-41-10-15-48-51(38-41)69-30-24-60(25-31-70-52-39-42(2)11-16-49(52)59-22-28-67-35-33-65-26-20-58(48)21-27-66-34-36-68-29-23-59)50-17-12-43(40-53(50)71-37-32-64-3)6-4-7-44-13-14-47-54-45(44)8-5-9-46(54)55(62)61(19-18-57)56(47)63/h5,8-17,38-40H,4,6-7,18-37,57H2,1-3H3. The van der Waals surface area contributed by atoms with E-state index in [4.69, 9.17) is 43.6 Å². The van der Waals surface area contributed by atoms with Gasteiger partial charge in [0.1, 0.15) is 37.1 Å². The van der Waals surface area contributed by atoms with Crippen LogP contribution < -0.4 is 34.6 Å². The monoisotopic (exact) mass is 974 g/mol. The van der Waals surface area contributed by atoms with Gasteiger partial charge in [-0.2, -0.15) is 0 Å². The van der Waals surface area contributed by atoms with Crippen LogP contribution in [-0.2, 0) is 36.5 Å². The van der Waals surface area contributed by atoms with Gasteiger partial charge in [-0.3, -0.25) is 14.5 Å². The number of amides is 2. The van der Waals surface area contributed by atoms with Gasteiger partial charge < -0.3 is 58.3 Å². The summed E-state index contributed by atoms with van der Waals surface area (Å²) in [5, 5.41) is 1.66. The zero-order chi connectivity index (χ0) is 49.4. The van der Waals surface area contributed by atoms with Crippen LogP contribution in [0.15, 0.2) is 84.9 Å². The normalized spacial score (nSPS) is 17.1. The number of imide groups is 1. The van der Waals surface area contributed by atoms with Gasteiger partial charge in [-0.15, -0.1) is 0 Å². The SMILES string of the molecule is COCCOc1cc(CCCc2ccc3c4c(cccc24)C(=O)N(CCN)C3=O)ccc1N1CCOc2cc(C)ccc2N2CCOCCOCCN(CCOCCOCC2)c2ccc(C)cc2OCC1. The van der Waals surface area contributed by atoms with Crippen LogP contribution >= 0.6 is 0 Å². The minimum Gasteiger partial charge on any atom is -0.490 e.